The highest BCUT2D eigenvalue weighted by Gasteiger charge is 2.34. The fraction of sp³-hybridized carbons (Fsp3) is 0.0455. The van der Waals surface area contributed by atoms with Gasteiger partial charge in [-0.1, -0.05) is 42.5 Å². The summed E-state index contributed by atoms with van der Waals surface area (Å²) in [6.07, 6.45) is 0. The molecule has 1 N–H and O–H groups in total. The fourth-order valence-electron chi connectivity index (χ4n) is 3.21. The van der Waals surface area contributed by atoms with Crippen LogP contribution in [-0.2, 0) is 4.79 Å². The second-order valence-corrected chi connectivity index (χ2v) is 6.15. The SMILES string of the molecule is CC(=O)Oc1ccc(Nc2ccccc2)c2c1C(=O)c1ccccc1C2=O. The number of hydrogen-bond donors (Lipinski definition) is 1. The molecule has 0 atom stereocenters. The molecule has 1 aliphatic rings. The van der Waals surface area contributed by atoms with Crippen LogP contribution >= 0.6 is 0 Å². The Balaban J connectivity index is 1.93. The Morgan fingerprint density at radius 2 is 1.37 bits per heavy atom. The van der Waals surface area contributed by atoms with E-state index in [1.54, 1.807) is 30.3 Å². The Hall–Kier alpha value is -3.73. The minimum Gasteiger partial charge on any atom is -0.426 e. The van der Waals surface area contributed by atoms with Crippen LogP contribution in [0.1, 0.15) is 38.8 Å². The van der Waals surface area contributed by atoms with Crippen LogP contribution in [0.15, 0.2) is 66.7 Å². The van der Waals surface area contributed by atoms with E-state index in [9.17, 15) is 14.4 Å². The average molecular weight is 357 g/mol. The predicted molar refractivity (Wildman–Crippen MR) is 101 cm³/mol. The van der Waals surface area contributed by atoms with E-state index >= 15 is 0 Å². The van der Waals surface area contributed by atoms with Crippen LogP contribution in [0.5, 0.6) is 5.75 Å². The van der Waals surface area contributed by atoms with E-state index in [-0.39, 0.29) is 28.4 Å². The smallest absolute Gasteiger partial charge is 0.308 e. The molecular formula is C22H15NO4. The van der Waals surface area contributed by atoms with Gasteiger partial charge in [-0.3, -0.25) is 14.4 Å². The fourth-order valence-corrected chi connectivity index (χ4v) is 3.21. The molecule has 0 radical (unpaired) electrons. The first-order chi connectivity index (χ1) is 13.1. The van der Waals surface area contributed by atoms with Gasteiger partial charge in [-0.25, -0.2) is 0 Å². The summed E-state index contributed by atoms with van der Waals surface area (Å²) in [5.74, 6) is -1.09. The maximum absolute atomic E-state index is 13.2. The topological polar surface area (TPSA) is 72.5 Å². The molecule has 132 valence electrons. The summed E-state index contributed by atoms with van der Waals surface area (Å²) in [5.41, 5.74) is 2.22. The maximum atomic E-state index is 13.2. The zero-order chi connectivity index (χ0) is 19.0. The summed E-state index contributed by atoms with van der Waals surface area (Å²) in [6.45, 7) is 1.26. The van der Waals surface area contributed by atoms with Crippen LogP contribution in [0.25, 0.3) is 0 Å². The Kier molecular flexibility index (Phi) is 4.05. The van der Waals surface area contributed by atoms with Crippen molar-refractivity contribution >= 4 is 28.9 Å². The molecule has 0 fully saturated rings. The van der Waals surface area contributed by atoms with Crippen molar-refractivity contribution < 1.29 is 19.1 Å². The molecule has 0 amide bonds. The van der Waals surface area contributed by atoms with E-state index in [0.29, 0.717) is 16.8 Å². The molecule has 4 rings (SSSR count). The summed E-state index contributed by atoms with van der Waals surface area (Å²) < 4.78 is 5.21. The van der Waals surface area contributed by atoms with Crippen molar-refractivity contribution in [2.45, 2.75) is 6.92 Å². The third-order valence-electron chi connectivity index (χ3n) is 4.34. The van der Waals surface area contributed by atoms with Gasteiger partial charge in [0, 0.05) is 23.7 Å². The highest BCUT2D eigenvalue weighted by molar-refractivity contribution is 6.31. The molecule has 0 aliphatic heterocycles. The van der Waals surface area contributed by atoms with Gasteiger partial charge in [0.2, 0.25) is 0 Å². The highest BCUT2D eigenvalue weighted by Crippen LogP contribution is 2.38. The number of benzene rings is 3. The molecule has 0 saturated carbocycles. The summed E-state index contributed by atoms with van der Waals surface area (Å²) in [6, 6.07) is 19.2. The lowest BCUT2D eigenvalue weighted by molar-refractivity contribution is -0.131. The van der Waals surface area contributed by atoms with Gasteiger partial charge < -0.3 is 10.1 Å². The standard InChI is InChI=1S/C22H15NO4/c1-13(24)27-18-12-11-17(23-14-7-3-2-4-8-14)19-20(18)22(26)16-10-6-5-9-15(16)21(19)25/h2-12,23H,1H3. The molecular weight excluding hydrogens is 342 g/mol. The van der Waals surface area contributed by atoms with Gasteiger partial charge in [-0.2, -0.15) is 0 Å². The molecule has 3 aromatic carbocycles. The zero-order valence-corrected chi connectivity index (χ0v) is 14.5. The van der Waals surface area contributed by atoms with Crippen LogP contribution in [-0.4, -0.2) is 17.5 Å². The molecule has 5 nitrogen and oxygen atoms in total. The number of nitrogens with one attached hydrogen (secondary N) is 1. The van der Waals surface area contributed by atoms with Gasteiger partial charge in [-0.15, -0.1) is 0 Å². The number of hydrogen-bond acceptors (Lipinski definition) is 5. The summed E-state index contributed by atoms with van der Waals surface area (Å²) in [5, 5.41) is 3.18. The first-order valence-corrected chi connectivity index (χ1v) is 8.42. The average Bonchev–Trinajstić information content (AvgIpc) is 2.67. The number of ether oxygens (including phenoxy) is 1. The van der Waals surface area contributed by atoms with E-state index in [1.165, 1.54) is 13.0 Å². The van der Waals surface area contributed by atoms with Gasteiger partial charge in [0.05, 0.1) is 16.8 Å². The van der Waals surface area contributed by atoms with Crippen LogP contribution < -0.4 is 10.1 Å². The van der Waals surface area contributed by atoms with Crippen LogP contribution in [0, 0.1) is 0 Å². The van der Waals surface area contributed by atoms with Crippen molar-refractivity contribution in [1.29, 1.82) is 0 Å². The summed E-state index contributed by atoms with van der Waals surface area (Å²) >= 11 is 0. The van der Waals surface area contributed by atoms with E-state index in [1.807, 2.05) is 30.3 Å². The molecule has 0 unspecified atom stereocenters. The van der Waals surface area contributed by atoms with Crippen molar-refractivity contribution in [2.75, 3.05) is 5.32 Å². The molecule has 0 aromatic heterocycles. The largest absolute Gasteiger partial charge is 0.426 e. The number of rotatable bonds is 3. The van der Waals surface area contributed by atoms with Gasteiger partial charge >= 0.3 is 5.97 Å². The van der Waals surface area contributed by atoms with Gasteiger partial charge in [0.25, 0.3) is 0 Å². The first kappa shape index (κ1) is 16.7. The third kappa shape index (κ3) is 2.89. The quantitative estimate of drug-likeness (QED) is 0.441. The van der Waals surface area contributed by atoms with E-state index in [4.69, 9.17) is 4.74 Å². The lowest BCUT2D eigenvalue weighted by Gasteiger charge is -2.22. The number of anilines is 2. The monoisotopic (exact) mass is 357 g/mol. The van der Waals surface area contributed by atoms with Gasteiger partial charge in [0.1, 0.15) is 5.75 Å². The second-order valence-electron chi connectivity index (χ2n) is 6.15. The molecule has 5 heteroatoms. The number of para-hydroxylation sites is 1. The summed E-state index contributed by atoms with van der Waals surface area (Å²) in [7, 11) is 0. The van der Waals surface area contributed by atoms with E-state index < -0.39 is 5.97 Å². The lowest BCUT2D eigenvalue weighted by atomic mass is 9.82. The Morgan fingerprint density at radius 3 is 2.00 bits per heavy atom. The number of fused-ring (bicyclic) bond motifs is 2. The minimum atomic E-state index is -0.555. The number of esters is 1. The van der Waals surface area contributed by atoms with Crippen LogP contribution in [0.4, 0.5) is 11.4 Å². The molecule has 0 bridgehead atoms. The van der Waals surface area contributed by atoms with Gasteiger partial charge in [0.15, 0.2) is 11.6 Å². The Labute approximate surface area is 155 Å². The molecule has 3 aromatic rings. The minimum absolute atomic E-state index is 0.0870. The van der Waals surface area contributed by atoms with E-state index in [0.717, 1.165) is 5.69 Å². The van der Waals surface area contributed by atoms with E-state index in [2.05, 4.69) is 5.32 Å². The predicted octanol–water partition coefficient (Wildman–Crippen LogP) is 4.13. The highest BCUT2D eigenvalue weighted by atomic mass is 16.5. The number of ketones is 2. The van der Waals surface area contributed by atoms with Crippen molar-refractivity contribution in [2.24, 2.45) is 0 Å². The zero-order valence-electron chi connectivity index (χ0n) is 14.5. The first-order valence-electron chi connectivity index (χ1n) is 8.42. The molecule has 0 saturated heterocycles. The van der Waals surface area contributed by atoms with Crippen molar-refractivity contribution in [3.63, 3.8) is 0 Å². The molecule has 0 heterocycles. The molecule has 27 heavy (non-hydrogen) atoms. The number of carbonyl (C=O) groups is 3. The Bertz CT molecular complexity index is 1090. The second kappa shape index (κ2) is 6.53. The molecule has 1 aliphatic carbocycles. The maximum Gasteiger partial charge on any atom is 0.308 e. The summed E-state index contributed by atoms with van der Waals surface area (Å²) in [4.78, 5) is 37.7. The lowest BCUT2D eigenvalue weighted by Crippen LogP contribution is -2.23. The molecule has 0 spiro atoms. The van der Waals surface area contributed by atoms with Gasteiger partial charge in [-0.05, 0) is 24.3 Å². The van der Waals surface area contributed by atoms with Crippen molar-refractivity contribution in [3.8, 4) is 5.75 Å². The Morgan fingerprint density at radius 1 is 0.778 bits per heavy atom. The van der Waals surface area contributed by atoms with Crippen molar-refractivity contribution in [3.05, 3.63) is 89.0 Å². The number of carbonyl (C=O) groups excluding carboxylic acids is 3. The van der Waals surface area contributed by atoms with Crippen LogP contribution in [0.2, 0.25) is 0 Å². The van der Waals surface area contributed by atoms with Crippen LogP contribution in [0.3, 0.4) is 0 Å². The van der Waals surface area contributed by atoms with Crippen molar-refractivity contribution in [1.82, 2.24) is 0 Å². The normalized spacial score (nSPS) is 12.2. The third-order valence-corrected chi connectivity index (χ3v) is 4.34.